The molecule has 3 nitrogen and oxygen atoms in total. The van der Waals surface area contributed by atoms with Crippen LogP contribution >= 0.6 is 0 Å². The van der Waals surface area contributed by atoms with Gasteiger partial charge in [-0.1, -0.05) is 20.3 Å². The summed E-state index contributed by atoms with van der Waals surface area (Å²) < 4.78 is 0. The highest BCUT2D eigenvalue weighted by atomic mass is 16.4. The van der Waals surface area contributed by atoms with Gasteiger partial charge in [-0.2, -0.15) is 0 Å². The second-order valence-corrected chi connectivity index (χ2v) is 2.17. The SMILES string of the molecule is CC[C@H](C)[C@H]([15N])C(=O)O. The van der Waals surface area contributed by atoms with E-state index in [1.54, 1.807) is 6.92 Å². The average molecular weight is 130 g/mol. The molecule has 2 atom stereocenters. The fourth-order valence-corrected chi connectivity index (χ4v) is 0.467. The second-order valence-electron chi connectivity index (χ2n) is 2.17. The van der Waals surface area contributed by atoms with E-state index >= 15 is 0 Å². The summed E-state index contributed by atoms with van der Waals surface area (Å²) in [5.41, 5.74) is 8.80. The van der Waals surface area contributed by atoms with E-state index in [9.17, 15) is 4.79 Å². The van der Waals surface area contributed by atoms with Gasteiger partial charge in [0.15, 0.2) is 0 Å². The van der Waals surface area contributed by atoms with Gasteiger partial charge in [0.05, 0.1) is 0 Å². The van der Waals surface area contributed by atoms with E-state index in [1.165, 1.54) is 0 Å². The van der Waals surface area contributed by atoms with Gasteiger partial charge >= 0.3 is 5.97 Å². The van der Waals surface area contributed by atoms with Gasteiger partial charge in [0.2, 0.25) is 0 Å². The number of aliphatic carboxylic acids is 1. The van der Waals surface area contributed by atoms with Gasteiger partial charge in [-0.25, -0.2) is 0 Å². The molecular weight excluding hydrogens is 119 g/mol. The minimum absolute atomic E-state index is 0.150. The Kier molecular flexibility index (Phi) is 3.24. The fourth-order valence-electron chi connectivity index (χ4n) is 0.467. The van der Waals surface area contributed by atoms with Crippen LogP contribution in [0, 0.1) is 5.92 Å². The molecule has 1 N–H and O–H groups in total. The van der Waals surface area contributed by atoms with Crippen LogP contribution in [0.4, 0.5) is 0 Å². The van der Waals surface area contributed by atoms with Crippen LogP contribution in [-0.2, 0) is 4.79 Å². The van der Waals surface area contributed by atoms with Crippen LogP contribution in [0.1, 0.15) is 20.3 Å². The maximum atomic E-state index is 10.0. The Morgan fingerprint density at radius 2 is 2.22 bits per heavy atom. The molecule has 2 radical (unpaired) electrons. The third kappa shape index (κ3) is 2.46. The Morgan fingerprint density at radius 1 is 1.78 bits per heavy atom. The Labute approximate surface area is 54.9 Å². The molecule has 0 aliphatic rings. The molecule has 0 fully saturated rings. The van der Waals surface area contributed by atoms with Crippen LogP contribution in [0.5, 0.6) is 0 Å². The average Bonchev–Trinajstić information content (AvgIpc) is 1.84. The smallest absolute Gasteiger partial charge is 0.324 e. The lowest BCUT2D eigenvalue weighted by atomic mass is 10.0. The van der Waals surface area contributed by atoms with E-state index < -0.39 is 12.0 Å². The van der Waals surface area contributed by atoms with Crippen LogP contribution in [-0.4, -0.2) is 17.1 Å². The molecule has 0 aromatic heterocycles. The first-order valence-electron chi connectivity index (χ1n) is 3.00. The first-order chi connectivity index (χ1) is 4.09. The molecule has 0 heterocycles. The molecule has 0 amide bonds. The van der Waals surface area contributed by atoms with Crippen LogP contribution in [0.15, 0.2) is 0 Å². The van der Waals surface area contributed by atoms with Crippen LogP contribution in [0.25, 0.3) is 0 Å². The maximum Gasteiger partial charge on any atom is 0.324 e. The van der Waals surface area contributed by atoms with Crippen LogP contribution in [0.2, 0.25) is 0 Å². The molecule has 0 unspecified atom stereocenters. The van der Waals surface area contributed by atoms with Gasteiger partial charge in [0, 0.05) is 0 Å². The van der Waals surface area contributed by atoms with Crippen molar-refractivity contribution in [2.45, 2.75) is 26.3 Å². The minimum Gasteiger partial charge on any atom is -0.480 e. The lowest BCUT2D eigenvalue weighted by molar-refractivity contribution is -0.139. The first kappa shape index (κ1) is 8.43. The molecule has 0 aliphatic heterocycles. The highest BCUT2D eigenvalue weighted by Crippen LogP contribution is 2.05. The molecule has 3 heteroatoms. The third-order valence-corrected chi connectivity index (χ3v) is 1.44. The summed E-state index contributed by atoms with van der Waals surface area (Å²) >= 11 is 0. The monoisotopic (exact) mass is 130 g/mol. The first-order valence-corrected chi connectivity index (χ1v) is 3.00. The summed E-state index contributed by atoms with van der Waals surface area (Å²) in [7, 11) is 0. The summed E-state index contributed by atoms with van der Waals surface area (Å²) in [4.78, 5) is 10.0. The van der Waals surface area contributed by atoms with Gasteiger partial charge in [-0.3, -0.25) is 4.79 Å². The van der Waals surface area contributed by atoms with Crippen molar-refractivity contribution in [3.05, 3.63) is 0 Å². The Hall–Kier alpha value is -0.570. The quantitative estimate of drug-likeness (QED) is 0.567. The summed E-state index contributed by atoms with van der Waals surface area (Å²) in [5, 5.41) is 8.23. The van der Waals surface area contributed by atoms with Crippen molar-refractivity contribution in [1.29, 1.82) is 0 Å². The lowest BCUT2D eigenvalue weighted by Crippen LogP contribution is -2.28. The molecule has 0 aromatic carbocycles. The van der Waals surface area contributed by atoms with E-state index in [-0.39, 0.29) is 5.92 Å². The highest BCUT2D eigenvalue weighted by molar-refractivity contribution is 5.73. The third-order valence-electron chi connectivity index (χ3n) is 1.44. The highest BCUT2D eigenvalue weighted by Gasteiger charge is 2.19. The maximum absolute atomic E-state index is 10.0. The van der Waals surface area contributed by atoms with Gasteiger partial charge in [0.1, 0.15) is 6.04 Å². The summed E-state index contributed by atoms with van der Waals surface area (Å²) in [6.07, 6.45) is 0.688. The normalized spacial score (nSPS) is 16.8. The van der Waals surface area contributed by atoms with Crippen molar-refractivity contribution in [2.75, 3.05) is 0 Å². The number of rotatable bonds is 3. The molecule has 9 heavy (non-hydrogen) atoms. The predicted octanol–water partition coefficient (Wildman–Crippen LogP) is 0.554. The fraction of sp³-hybridized carbons (Fsp3) is 0.833. The molecule has 0 saturated carbocycles. The van der Waals surface area contributed by atoms with Gasteiger partial charge in [-0.05, 0) is 5.92 Å². The van der Waals surface area contributed by atoms with Gasteiger partial charge in [-0.15, -0.1) is 5.73 Å². The van der Waals surface area contributed by atoms with Gasteiger partial charge < -0.3 is 5.11 Å². The topological polar surface area (TPSA) is 59.6 Å². The van der Waals surface area contributed by atoms with Crippen molar-refractivity contribution >= 4 is 5.97 Å². The Morgan fingerprint density at radius 3 is 2.33 bits per heavy atom. The largest absolute Gasteiger partial charge is 0.480 e. The van der Waals surface area contributed by atoms with E-state index in [1.807, 2.05) is 6.92 Å². The zero-order chi connectivity index (χ0) is 7.44. The summed E-state index contributed by atoms with van der Waals surface area (Å²) in [5.74, 6) is -1.29. The Bertz CT molecular complexity index is 103. The standard InChI is InChI=1S/C6H11NO2/c1-3-4(2)5(7)6(8)9/h4-5H,3H2,1-2H3,(H,8,9)/t4-,5-/m0/s1/i7+1. The van der Waals surface area contributed by atoms with Crippen molar-refractivity contribution in [1.82, 2.24) is 5.73 Å². The molecule has 0 saturated heterocycles. The van der Waals surface area contributed by atoms with E-state index in [2.05, 4.69) is 0 Å². The number of carboxylic acids is 1. The molecular formula is C6H11NO2. The van der Waals surface area contributed by atoms with Crippen molar-refractivity contribution in [3.8, 4) is 0 Å². The number of carboxylic acid groups (broad SMARTS) is 1. The zero-order valence-corrected chi connectivity index (χ0v) is 5.66. The Balaban J connectivity index is 3.72. The number of nitrogens with zero attached hydrogens (tertiary/aromatic N) is 1. The molecule has 0 rings (SSSR count). The lowest BCUT2D eigenvalue weighted by Gasteiger charge is -2.09. The zero-order valence-electron chi connectivity index (χ0n) is 5.66. The number of hydrogen-bond acceptors (Lipinski definition) is 1. The second kappa shape index (κ2) is 3.45. The van der Waals surface area contributed by atoms with Crippen LogP contribution < -0.4 is 5.73 Å². The van der Waals surface area contributed by atoms with E-state index in [0.29, 0.717) is 6.42 Å². The van der Waals surface area contributed by atoms with Crippen molar-refractivity contribution in [2.24, 2.45) is 5.92 Å². The molecule has 52 valence electrons. The molecule has 0 aliphatic carbocycles. The number of hydrogen-bond donors (Lipinski definition) is 1. The van der Waals surface area contributed by atoms with Crippen molar-refractivity contribution in [3.63, 3.8) is 0 Å². The predicted molar refractivity (Wildman–Crippen MR) is 33.0 cm³/mol. The molecule has 0 spiro atoms. The molecule has 0 aromatic rings. The molecule has 0 bridgehead atoms. The van der Waals surface area contributed by atoms with E-state index in [0.717, 1.165) is 0 Å². The van der Waals surface area contributed by atoms with Crippen LogP contribution in [0.3, 0.4) is 0 Å². The van der Waals surface area contributed by atoms with E-state index in [4.69, 9.17) is 10.8 Å². The minimum atomic E-state index is -1.20. The van der Waals surface area contributed by atoms with Crippen molar-refractivity contribution < 1.29 is 9.90 Å². The summed E-state index contributed by atoms with van der Waals surface area (Å²) in [6.45, 7) is 3.55. The summed E-state index contributed by atoms with van der Waals surface area (Å²) in [6, 6.07) is -1.20. The van der Waals surface area contributed by atoms with Gasteiger partial charge in [0.25, 0.3) is 0 Å². The number of carbonyl (C=O) groups is 1.